The lowest BCUT2D eigenvalue weighted by molar-refractivity contribution is 0.0468. The molecule has 0 radical (unpaired) electrons. The first kappa shape index (κ1) is 15.6. The quantitative estimate of drug-likeness (QED) is 0.502. The molecule has 0 aliphatic rings. The first-order valence-corrected chi connectivity index (χ1v) is 9.04. The van der Waals surface area contributed by atoms with Crippen molar-refractivity contribution in [3.8, 4) is 15.6 Å². The summed E-state index contributed by atoms with van der Waals surface area (Å²) >= 11 is 3.17. The number of tetrazole rings is 1. The van der Waals surface area contributed by atoms with Crippen molar-refractivity contribution in [3.05, 3.63) is 64.7 Å². The monoisotopic (exact) mass is 369 g/mol. The first-order valence-electron chi connectivity index (χ1n) is 7.28. The average Bonchev–Trinajstić information content (AvgIpc) is 3.42. The zero-order valence-electron chi connectivity index (χ0n) is 12.8. The van der Waals surface area contributed by atoms with Gasteiger partial charge in [0.25, 0.3) is 0 Å². The minimum atomic E-state index is -0.416. The lowest BCUT2D eigenvalue weighted by Crippen LogP contribution is -2.06. The van der Waals surface area contributed by atoms with Crippen molar-refractivity contribution < 1.29 is 9.53 Å². The third-order valence-corrected chi connectivity index (χ3v) is 5.26. The number of carbonyl (C=O) groups is 1. The van der Waals surface area contributed by atoms with E-state index in [1.165, 1.54) is 22.3 Å². The van der Waals surface area contributed by atoms with Gasteiger partial charge in [-0.05, 0) is 40.1 Å². The Balaban J connectivity index is 1.43. The summed E-state index contributed by atoms with van der Waals surface area (Å²) in [6.07, 6.45) is 1.46. The fourth-order valence-electron chi connectivity index (χ4n) is 2.16. The molecule has 3 aromatic heterocycles. The van der Waals surface area contributed by atoms with Gasteiger partial charge in [0.15, 0.2) is 0 Å². The minimum absolute atomic E-state index is 0.135. The number of nitrogens with zero attached hydrogens (tertiary/aromatic N) is 5. The number of aromatic nitrogens is 5. The predicted molar refractivity (Wildman–Crippen MR) is 93.7 cm³/mol. The van der Waals surface area contributed by atoms with Crippen molar-refractivity contribution in [2.45, 2.75) is 6.61 Å². The molecular formula is C16H11N5O2S2. The summed E-state index contributed by atoms with van der Waals surface area (Å²) in [6.45, 7) is 0.135. The molecule has 1 aromatic carbocycles. The first-order chi connectivity index (χ1) is 12.3. The number of rotatable bonds is 5. The Morgan fingerprint density at radius 3 is 2.96 bits per heavy atom. The fourth-order valence-corrected chi connectivity index (χ4v) is 3.78. The topological polar surface area (TPSA) is 82.8 Å². The van der Waals surface area contributed by atoms with E-state index in [4.69, 9.17) is 4.74 Å². The molecule has 0 unspecified atom stereocenters. The van der Waals surface area contributed by atoms with Crippen LogP contribution in [0.3, 0.4) is 0 Å². The third kappa shape index (κ3) is 3.47. The Labute approximate surface area is 150 Å². The number of hydrogen-bond acceptors (Lipinski definition) is 8. The van der Waals surface area contributed by atoms with Gasteiger partial charge in [0.1, 0.15) is 17.9 Å². The largest absolute Gasteiger partial charge is 0.456 e. The third-order valence-electron chi connectivity index (χ3n) is 3.33. The predicted octanol–water partition coefficient (Wildman–Crippen LogP) is 3.20. The van der Waals surface area contributed by atoms with E-state index < -0.39 is 5.97 Å². The van der Waals surface area contributed by atoms with E-state index in [1.54, 1.807) is 35.6 Å². The van der Waals surface area contributed by atoms with Crippen LogP contribution in [0.5, 0.6) is 0 Å². The van der Waals surface area contributed by atoms with Gasteiger partial charge >= 0.3 is 5.97 Å². The molecule has 0 atom stereocenters. The second-order valence-electron chi connectivity index (χ2n) is 5.00. The second kappa shape index (κ2) is 6.91. The Bertz CT molecular complexity index is 980. The maximum atomic E-state index is 12.3. The molecule has 0 amide bonds. The fraction of sp³-hybridized carbons (Fsp3) is 0.0625. The second-order valence-corrected chi connectivity index (χ2v) is 6.81. The summed E-state index contributed by atoms with van der Waals surface area (Å²) in [5, 5.41) is 15.8. The van der Waals surface area contributed by atoms with Crippen LogP contribution in [0.2, 0.25) is 0 Å². The number of hydrogen-bond donors (Lipinski definition) is 0. The molecule has 0 aliphatic carbocycles. The molecule has 25 heavy (non-hydrogen) atoms. The lowest BCUT2D eigenvalue weighted by Gasteiger charge is -2.05. The summed E-state index contributed by atoms with van der Waals surface area (Å²) < 4.78 is 6.84. The highest BCUT2D eigenvalue weighted by molar-refractivity contribution is 7.20. The Hall–Kier alpha value is -2.91. The van der Waals surface area contributed by atoms with Crippen LogP contribution < -0.4 is 0 Å². The van der Waals surface area contributed by atoms with Gasteiger partial charge < -0.3 is 4.74 Å². The van der Waals surface area contributed by atoms with E-state index in [2.05, 4.69) is 20.5 Å². The van der Waals surface area contributed by atoms with Gasteiger partial charge in [0.05, 0.1) is 21.8 Å². The van der Waals surface area contributed by atoms with Crippen molar-refractivity contribution in [1.82, 2.24) is 25.2 Å². The molecule has 0 saturated heterocycles. The van der Waals surface area contributed by atoms with Crippen molar-refractivity contribution >= 4 is 28.6 Å². The average molecular weight is 369 g/mol. The van der Waals surface area contributed by atoms with E-state index in [0.717, 1.165) is 15.6 Å². The maximum absolute atomic E-state index is 12.3. The molecule has 4 rings (SSSR count). The summed E-state index contributed by atoms with van der Waals surface area (Å²) in [7, 11) is 0. The standard InChI is InChI=1S/C16H11N5O2S2/c22-16(11-3-1-4-13(7-11)21-10-17-19-20-21)23-8-12-9-25-15(18-12)14-5-2-6-24-14/h1-7,9-10H,8H2. The Morgan fingerprint density at radius 2 is 2.16 bits per heavy atom. The Morgan fingerprint density at radius 1 is 1.20 bits per heavy atom. The van der Waals surface area contributed by atoms with E-state index in [-0.39, 0.29) is 6.61 Å². The maximum Gasteiger partial charge on any atom is 0.338 e. The van der Waals surface area contributed by atoms with Crippen molar-refractivity contribution in [2.75, 3.05) is 0 Å². The van der Waals surface area contributed by atoms with Gasteiger partial charge in [-0.1, -0.05) is 12.1 Å². The van der Waals surface area contributed by atoms with Crippen LogP contribution >= 0.6 is 22.7 Å². The normalized spacial score (nSPS) is 10.7. The highest BCUT2D eigenvalue weighted by atomic mass is 32.1. The minimum Gasteiger partial charge on any atom is -0.456 e. The van der Waals surface area contributed by atoms with Gasteiger partial charge in [-0.25, -0.2) is 14.5 Å². The van der Waals surface area contributed by atoms with Gasteiger partial charge in [0, 0.05) is 5.38 Å². The van der Waals surface area contributed by atoms with E-state index in [1.807, 2.05) is 22.9 Å². The summed E-state index contributed by atoms with van der Waals surface area (Å²) in [6, 6.07) is 10.9. The van der Waals surface area contributed by atoms with Crippen molar-refractivity contribution in [2.24, 2.45) is 0 Å². The van der Waals surface area contributed by atoms with Gasteiger partial charge in [-0.3, -0.25) is 0 Å². The smallest absolute Gasteiger partial charge is 0.338 e. The molecular weight excluding hydrogens is 358 g/mol. The molecule has 0 saturated carbocycles. The summed E-state index contributed by atoms with van der Waals surface area (Å²) in [5.74, 6) is -0.416. The zero-order valence-corrected chi connectivity index (χ0v) is 14.4. The van der Waals surface area contributed by atoms with E-state index >= 15 is 0 Å². The summed E-state index contributed by atoms with van der Waals surface area (Å²) in [4.78, 5) is 17.9. The van der Waals surface area contributed by atoms with E-state index in [0.29, 0.717) is 11.3 Å². The van der Waals surface area contributed by atoms with Crippen LogP contribution in [0, 0.1) is 0 Å². The number of thiazole rings is 1. The lowest BCUT2D eigenvalue weighted by atomic mass is 10.2. The SMILES string of the molecule is O=C(OCc1csc(-c2cccs2)n1)c1cccc(-n2cnnn2)c1. The molecule has 0 bridgehead atoms. The van der Waals surface area contributed by atoms with Crippen LogP contribution in [0.15, 0.2) is 53.5 Å². The summed E-state index contributed by atoms with van der Waals surface area (Å²) in [5.41, 5.74) is 1.85. The van der Waals surface area contributed by atoms with Crippen LogP contribution in [0.1, 0.15) is 16.1 Å². The van der Waals surface area contributed by atoms with Crippen LogP contribution in [0.25, 0.3) is 15.6 Å². The molecule has 4 aromatic rings. The number of esters is 1. The number of ether oxygens (including phenoxy) is 1. The highest BCUT2D eigenvalue weighted by Crippen LogP contribution is 2.28. The zero-order chi connectivity index (χ0) is 17.1. The Kier molecular flexibility index (Phi) is 4.32. The van der Waals surface area contributed by atoms with E-state index in [9.17, 15) is 4.79 Å². The number of carbonyl (C=O) groups excluding carboxylic acids is 1. The van der Waals surface area contributed by atoms with Gasteiger partial charge in [-0.15, -0.1) is 27.8 Å². The number of benzene rings is 1. The molecule has 0 N–H and O–H groups in total. The molecule has 0 spiro atoms. The molecule has 0 aliphatic heterocycles. The van der Waals surface area contributed by atoms with Crippen LogP contribution in [0.4, 0.5) is 0 Å². The van der Waals surface area contributed by atoms with Crippen LogP contribution in [-0.4, -0.2) is 31.2 Å². The van der Waals surface area contributed by atoms with Gasteiger partial charge in [0.2, 0.25) is 0 Å². The molecule has 3 heterocycles. The van der Waals surface area contributed by atoms with Gasteiger partial charge in [-0.2, -0.15) is 0 Å². The molecule has 124 valence electrons. The van der Waals surface area contributed by atoms with Crippen LogP contribution in [-0.2, 0) is 11.3 Å². The molecule has 0 fully saturated rings. The highest BCUT2D eigenvalue weighted by Gasteiger charge is 2.11. The molecule has 7 nitrogen and oxygen atoms in total. The van der Waals surface area contributed by atoms with Crippen molar-refractivity contribution in [3.63, 3.8) is 0 Å². The number of thiophene rings is 1. The van der Waals surface area contributed by atoms with Crippen molar-refractivity contribution in [1.29, 1.82) is 0 Å². The molecule has 9 heteroatoms.